The summed E-state index contributed by atoms with van der Waals surface area (Å²) in [5.41, 5.74) is 6.26. The maximum absolute atomic E-state index is 13.1. The number of carbonyl (C=O) groups is 2. The smallest absolute Gasteiger partial charge is 0.231 e. The summed E-state index contributed by atoms with van der Waals surface area (Å²) in [4.78, 5) is 28.0. The van der Waals surface area contributed by atoms with Gasteiger partial charge in [0, 0.05) is 39.0 Å². The van der Waals surface area contributed by atoms with Crippen molar-refractivity contribution in [1.82, 2.24) is 19.9 Å². The molecule has 0 spiro atoms. The van der Waals surface area contributed by atoms with E-state index in [1.807, 2.05) is 15.8 Å². The number of hydrogen-bond acceptors (Lipinski definition) is 5. The first-order chi connectivity index (χ1) is 13.5. The van der Waals surface area contributed by atoms with Gasteiger partial charge in [-0.15, -0.1) is 5.10 Å². The summed E-state index contributed by atoms with van der Waals surface area (Å²) in [5, 5.41) is 8.36. The zero-order chi connectivity index (χ0) is 19.7. The Bertz CT molecular complexity index is 714. The molecule has 4 saturated heterocycles. The summed E-state index contributed by atoms with van der Waals surface area (Å²) >= 11 is 0. The molecule has 3 N–H and O–H groups in total. The van der Waals surface area contributed by atoms with Crippen LogP contribution in [0.25, 0.3) is 0 Å². The predicted molar refractivity (Wildman–Crippen MR) is 99.9 cm³/mol. The number of methoxy groups -OCH3 is 1. The fraction of sp³-hybridized carbons (Fsp3) is 0.789. The van der Waals surface area contributed by atoms with Gasteiger partial charge in [-0.05, 0) is 18.8 Å². The highest BCUT2D eigenvalue weighted by molar-refractivity contribution is 5.80. The largest absolute Gasteiger partial charge is 0.378 e. The van der Waals surface area contributed by atoms with Crippen molar-refractivity contribution in [3.05, 3.63) is 11.9 Å². The number of primary amides is 1. The third-order valence-electron chi connectivity index (χ3n) is 6.86. The Kier molecular flexibility index (Phi) is 5.63. The van der Waals surface area contributed by atoms with Crippen molar-refractivity contribution in [1.29, 1.82) is 0 Å². The van der Waals surface area contributed by atoms with Gasteiger partial charge in [0.05, 0.1) is 38.4 Å². The number of nitrogens with one attached hydrogen (secondary N) is 1. The second-order valence-corrected chi connectivity index (χ2v) is 8.57. The minimum absolute atomic E-state index is 0.0729. The second kappa shape index (κ2) is 8.16. The minimum Gasteiger partial charge on any atom is -0.378 e. The molecule has 2 amide bonds. The SMILES string of the molecule is COCc1cn(C[C@H]2C[C@H]3CC[NH+]2C[C@@H]3C(=O)N2CCC(C(N)=O)CC2)nn1. The van der Waals surface area contributed by atoms with Gasteiger partial charge in [0.15, 0.2) is 0 Å². The predicted octanol–water partition coefficient (Wildman–Crippen LogP) is -1.56. The molecule has 1 aromatic heterocycles. The van der Waals surface area contributed by atoms with Gasteiger partial charge in [0.1, 0.15) is 11.7 Å². The monoisotopic (exact) mass is 391 g/mol. The molecule has 4 fully saturated rings. The molecule has 0 aliphatic carbocycles. The van der Waals surface area contributed by atoms with Crippen LogP contribution in [0, 0.1) is 17.8 Å². The van der Waals surface area contributed by atoms with Crippen LogP contribution in [-0.2, 0) is 27.5 Å². The lowest BCUT2D eigenvalue weighted by Crippen LogP contribution is -3.20. The highest BCUT2D eigenvalue weighted by Crippen LogP contribution is 2.30. The number of piperidine rings is 4. The van der Waals surface area contributed by atoms with Crippen LogP contribution in [0.3, 0.4) is 0 Å². The fourth-order valence-corrected chi connectivity index (χ4v) is 5.29. The Morgan fingerprint density at radius 1 is 1.32 bits per heavy atom. The molecule has 154 valence electrons. The number of quaternary nitrogens is 1. The van der Waals surface area contributed by atoms with Crippen molar-refractivity contribution in [3.8, 4) is 0 Å². The van der Waals surface area contributed by atoms with Crippen molar-refractivity contribution in [2.75, 3.05) is 33.3 Å². The molecule has 5 heterocycles. The summed E-state index contributed by atoms with van der Waals surface area (Å²) in [6.45, 7) is 4.68. The Balaban J connectivity index is 1.33. The lowest BCUT2D eigenvalue weighted by molar-refractivity contribution is -0.945. The van der Waals surface area contributed by atoms with Gasteiger partial charge in [0.25, 0.3) is 0 Å². The van der Waals surface area contributed by atoms with Crippen LogP contribution in [0.15, 0.2) is 6.20 Å². The highest BCUT2D eigenvalue weighted by Gasteiger charge is 2.48. The van der Waals surface area contributed by atoms with Crippen LogP contribution in [0.2, 0.25) is 0 Å². The molecule has 0 radical (unpaired) electrons. The van der Waals surface area contributed by atoms with E-state index in [1.54, 1.807) is 7.11 Å². The van der Waals surface area contributed by atoms with Gasteiger partial charge in [-0.3, -0.25) is 9.59 Å². The van der Waals surface area contributed by atoms with E-state index in [0.29, 0.717) is 44.5 Å². The first kappa shape index (κ1) is 19.3. The zero-order valence-corrected chi connectivity index (χ0v) is 16.5. The molecule has 1 unspecified atom stereocenters. The van der Waals surface area contributed by atoms with Crippen LogP contribution in [-0.4, -0.2) is 71.0 Å². The second-order valence-electron chi connectivity index (χ2n) is 8.57. The molecule has 5 rings (SSSR count). The van der Waals surface area contributed by atoms with E-state index < -0.39 is 0 Å². The third-order valence-corrected chi connectivity index (χ3v) is 6.86. The van der Waals surface area contributed by atoms with Gasteiger partial charge >= 0.3 is 0 Å². The van der Waals surface area contributed by atoms with Crippen LogP contribution < -0.4 is 10.6 Å². The van der Waals surface area contributed by atoms with Gasteiger partial charge in [-0.1, -0.05) is 5.21 Å². The van der Waals surface area contributed by atoms with Gasteiger partial charge < -0.3 is 20.3 Å². The summed E-state index contributed by atoms with van der Waals surface area (Å²) in [5.74, 6) is 0.544. The number of ether oxygens (including phenoxy) is 1. The first-order valence-electron chi connectivity index (χ1n) is 10.4. The Hall–Kier alpha value is -2.00. The summed E-state index contributed by atoms with van der Waals surface area (Å²) < 4.78 is 7.02. The number of carbonyl (C=O) groups excluding carboxylic acids is 2. The van der Waals surface area contributed by atoms with Gasteiger partial charge in [-0.2, -0.15) is 0 Å². The fourth-order valence-electron chi connectivity index (χ4n) is 5.29. The number of aromatic nitrogens is 3. The molecule has 9 nitrogen and oxygen atoms in total. The number of nitrogens with zero attached hydrogens (tertiary/aromatic N) is 4. The average molecular weight is 391 g/mol. The van der Waals surface area contributed by atoms with Crippen molar-refractivity contribution in [2.45, 2.75) is 44.9 Å². The Labute approximate surface area is 165 Å². The molecule has 1 aromatic rings. The van der Waals surface area contributed by atoms with Crippen LogP contribution in [0.5, 0.6) is 0 Å². The summed E-state index contributed by atoms with van der Waals surface area (Å²) in [6, 6.07) is 0.487. The van der Waals surface area contributed by atoms with Crippen molar-refractivity contribution >= 4 is 11.8 Å². The van der Waals surface area contributed by atoms with E-state index in [4.69, 9.17) is 10.5 Å². The lowest BCUT2D eigenvalue weighted by Gasteiger charge is -2.47. The molecule has 4 atom stereocenters. The molecular weight excluding hydrogens is 360 g/mol. The Morgan fingerprint density at radius 2 is 2.11 bits per heavy atom. The van der Waals surface area contributed by atoms with Crippen LogP contribution in [0.1, 0.15) is 31.4 Å². The third kappa shape index (κ3) is 3.91. The van der Waals surface area contributed by atoms with Crippen LogP contribution in [0.4, 0.5) is 0 Å². The quantitative estimate of drug-likeness (QED) is 0.610. The van der Waals surface area contributed by atoms with E-state index in [9.17, 15) is 9.59 Å². The number of fused-ring (bicyclic) bond motifs is 3. The van der Waals surface area contributed by atoms with E-state index in [-0.39, 0.29) is 23.7 Å². The number of amides is 2. The average Bonchev–Trinajstić information content (AvgIpc) is 3.15. The molecular formula is C19H31N6O3+. The Morgan fingerprint density at radius 3 is 2.75 bits per heavy atom. The maximum Gasteiger partial charge on any atom is 0.231 e. The number of likely N-dealkylation sites (tertiary alicyclic amines) is 1. The normalized spacial score (nSPS) is 30.5. The summed E-state index contributed by atoms with van der Waals surface area (Å²) in [6.07, 6.45) is 5.54. The van der Waals surface area contributed by atoms with Gasteiger partial charge in [-0.25, -0.2) is 4.68 Å². The van der Waals surface area contributed by atoms with E-state index in [0.717, 1.165) is 38.2 Å². The summed E-state index contributed by atoms with van der Waals surface area (Å²) in [7, 11) is 1.66. The zero-order valence-electron chi connectivity index (χ0n) is 16.5. The van der Waals surface area contributed by atoms with E-state index >= 15 is 0 Å². The molecule has 28 heavy (non-hydrogen) atoms. The van der Waals surface area contributed by atoms with E-state index in [1.165, 1.54) is 4.90 Å². The molecule has 0 aromatic carbocycles. The number of nitrogens with two attached hydrogens (primary N) is 1. The topological polar surface area (TPSA) is 108 Å². The van der Waals surface area contributed by atoms with Crippen molar-refractivity contribution < 1.29 is 19.2 Å². The van der Waals surface area contributed by atoms with E-state index in [2.05, 4.69) is 10.3 Å². The minimum atomic E-state index is -0.232. The lowest BCUT2D eigenvalue weighted by atomic mass is 9.74. The molecule has 9 heteroatoms. The molecule has 4 aliphatic heterocycles. The maximum atomic E-state index is 13.1. The van der Waals surface area contributed by atoms with Crippen LogP contribution >= 0.6 is 0 Å². The standard InChI is InChI=1S/C19H30N6O3/c1-28-12-15-9-25(22-21-15)10-16-8-14-4-7-24(16)11-17(14)19(27)23-5-2-13(3-6-23)18(20)26/h9,13-14,16-17H,2-8,10-12H2,1H3,(H2,20,26)/p+1/t14-,16-,17+/m1/s1. The number of hydrogen-bond donors (Lipinski definition) is 2. The van der Waals surface area contributed by atoms with Crippen molar-refractivity contribution in [3.63, 3.8) is 0 Å². The first-order valence-corrected chi connectivity index (χ1v) is 10.4. The van der Waals surface area contributed by atoms with Crippen molar-refractivity contribution in [2.24, 2.45) is 23.5 Å². The molecule has 0 saturated carbocycles. The molecule has 2 bridgehead atoms. The molecule has 4 aliphatic rings. The van der Waals surface area contributed by atoms with Gasteiger partial charge in [0.2, 0.25) is 11.8 Å². The number of rotatable bonds is 6. The highest BCUT2D eigenvalue weighted by atomic mass is 16.5.